The number of hydrogen-bond donors (Lipinski definition) is 1. The molecule has 0 amide bonds. The van der Waals surface area contributed by atoms with E-state index < -0.39 is 0 Å². The lowest BCUT2D eigenvalue weighted by molar-refractivity contribution is -0.128. The lowest BCUT2D eigenvalue weighted by Crippen LogP contribution is -2.40. The molecule has 1 saturated carbocycles. The van der Waals surface area contributed by atoms with Gasteiger partial charge in [0.15, 0.2) is 5.78 Å². The van der Waals surface area contributed by atoms with Crippen LogP contribution in [0, 0.1) is 11.3 Å². The van der Waals surface area contributed by atoms with Crippen molar-refractivity contribution in [2.45, 2.75) is 78.9 Å². The van der Waals surface area contributed by atoms with Crippen molar-refractivity contribution >= 4 is 5.78 Å². The second-order valence-corrected chi connectivity index (χ2v) is 6.33. The van der Waals surface area contributed by atoms with Crippen LogP contribution in [0.4, 0.5) is 0 Å². The number of Topliss-reactive ketones (excluding diaryl/α,β-unsaturated/α-hetero) is 1. The highest BCUT2D eigenvalue weighted by atomic mass is 16.5. The van der Waals surface area contributed by atoms with Crippen LogP contribution in [0.25, 0.3) is 0 Å². The van der Waals surface area contributed by atoms with E-state index in [2.05, 4.69) is 0 Å². The molecule has 0 bridgehead atoms. The fourth-order valence-corrected chi connectivity index (χ4v) is 2.63. The summed E-state index contributed by atoms with van der Waals surface area (Å²) in [6, 6.07) is -0.293. The molecule has 1 aliphatic rings. The summed E-state index contributed by atoms with van der Waals surface area (Å²) in [7, 11) is 1.78. The van der Waals surface area contributed by atoms with Gasteiger partial charge < -0.3 is 10.5 Å². The standard InChI is InChI=1S/C14H27NO2.C2H6/c1-14(2,3)13(16)12(15)9-10-5-7-11(17-4)8-6-10;1-2/h10-12H,5-9,15H2,1-4H3;1-2H3. The van der Waals surface area contributed by atoms with Crippen molar-refractivity contribution in [3.8, 4) is 0 Å². The molecule has 114 valence electrons. The summed E-state index contributed by atoms with van der Waals surface area (Å²) in [6.45, 7) is 9.82. The zero-order chi connectivity index (χ0) is 15.1. The van der Waals surface area contributed by atoms with Gasteiger partial charge in [-0.3, -0.25) is 4.79 Å². The first-order valence-electron chi connectivity index (χ1n) is 7.67. The van der Waals surface area contributed by atoms with Gasteiger partial charge in [0.1, 0.15) is 0 Å². The third kappa shape index (κ3) is 6.53. The minimum Gasteiger partial charge on any atom is -0.381 e. The van der Waals surface area contributed by atoms with Crippen LogP contribution in [0.3, 0.4) is 0 Å². The van der Waals surface area contributed by atoms with Gasteiger partial charge in [-0.05, 0) is 38.0 Å². The molecule has 0 aromatic carbocycles. The zero-order valence-corrected chi connectivity index (χ0v) is 13.7. The molecule has 0 heterocycles. The SMILES string of the molecule is CC.COC1CCC(CC(N)C(=O)C(C)(C)C)CC1. The van der Waals surface area contributed by atoms with Gasteiger partial charge in [-0.2, -0.15) is 0 Å². The number of ketones is 1. The lowest BCUT2D eigenvalue weighted by atomic mass is 9.79. The molecular weight excluding hydrogens is 238 g/mol. The number of carbonyl (C=O) groups is 1. The highest BCUT2D eigenvalue weighted by molar-refractivity contribution is 5.88. The van der Waals surface area contributed by atoms with Gasteiger partial charge in [-0.25, -0.2) is 0 Å². The molecule has 1 fully saturated rings. The Morgan fingerprint density at radius 2 is 1.68 bits per heavy atom. The third-order valence-electron chi connectivity index (χ3n) is 3.79. The van der Waals surface area contributed by atoms with E-state index >= 15 is 0 Å². The van der Waals surface area contributed by atoms with Crippen LogP contribution in [0.1, 0.15) is 66.7 Å². The van der Waals surface area contributed by atoms with Crippen LogP contribution in [-0.2, 0) is 9.53 Å². The molecule has 1 unspecified atom stereocenters. The first-order valence-corrected chi connectivity index (χ1v) is 7.67. The molecule has 1 aliphatic carbocycles. The first-order chi connectivity index (χ1) is 8.84. The van der Waals surface area contributed by atoms with Crippen molar-refractivity contribution in [3.05, 3.63) is 0 Å². The second-order valence-electron chi connectivity index (χ2n) is 6.33. The number of methoxy groups -OCH3 is 1. The normalized spacial score (nSPS) is 25.2. The maximum absolute atomic E-state index is 12.0. The van der Waals surface area contributed by atoms with E-state index in [1.54, 1.807) is 7.11 Å². The largest absolute Gasteiger partial charge is 0.381 e. The minimum absolute atomic E-state index is 0.186. The Balaban J connectivity index is 0.00000154. The fourth-order valence-electron chi connectivity index (χ4n) is 2.63. The number of carbonyl (C=O) groups excluding carboxylic acids is 1. The fraction of sp³-hybridized carbons (Fsp3) is 0.938. The summed E-state index contributed by atoms with van der Waals surface area (Å²) in [5.74, 6) is 0.786. The van der Waals surface area contributed by atoms with Gasteiger partial charge in [0.2, 0.25) is 0 Å². The van der Waals surface area contributed by atoms with Gasteiger partial charge in [-0.1, -0.05) is 34.6 Å². The summed E-state index contributed by atoms with van der Waals surface area (Å²) >= 11 is 0. The predicted octanol–water partition coefficient (Wildman–Crippen LogP) is 3.55. The van der Waals surface area contributed by atoms with Gasteiger partial charge >= 0.3 is 0 Å². The molecule has 1 rings (SSSR count). The maximum atomic E-state index is 12.0. The summed E-state index contributed by atoms with van der Waals surface area (Å²) in [5.41, 5.74) is 5.70. The molecule has 19 heavy (non-hydrogen) atoms. The Bertz CT molecular complexity index is 250. The van der Waals surface area contributed by atoms with Crippen molar-refractivity contribution in [1.29, 1.82) is 0 Å². The van der Waals surface area contributed by atoms with E-state index in [9.17, 15) is 4.79 Å². The molecule has 0 saturated heterocycles. The van der Waals surface area contributed by atoms with Gasteiger partial charge in [0, 0.05) is 12.5 Å². The van der Waals surface area contributed by atoms with Gasteiger partial charge in [0.25, 0.3) is 0 Å². The first kappa shape index (κ1) is 18.6. The molecule has 0 aromatic rings. The Labute approximate surface area is 119 Å². The Morgan fingerprint density at radius 1 is 1.21 bits per heavy atom. The number of ether oxygens (including phenoxy) is 1. The molecule has 0 aromatic heterocycles. The molecule has 3 heteroatoms. The summed E-state index contributed by atoms with van der Waals surface area (Å²) in [5, 5.41) is 0. The van der Waals surface area contributed by atoms with E-state index in [1.807, 2.05) is 34.6 Å². The molecular formula is C16H33NO2. The molecule has 0 aliphatic heterocycles. The second kappa shape index (κ2) is 8.70. The smallest absolute Gasteiger partial charge is 0.154 e. The Hall–Kier alpha value is -0.410. The van der Waals surface area contributed by atoms with Crippen molar-refractivity contribution in [2.75, 3.05) is 7.11 Å². The number of nitrogens with two attached hydrogens (primary N) is 1. The topological polar surface area (TPSA) is 52.3 Å². The highest BCUT2D eigenvalue weighted by Gasteiger charge is 2.30. The Morgan fingerprint density at radius 3 is 2.05 bits per heavy atom. The van der Waals surface area contributed by atoms with E-state index in [0.29, 0.717) is 12.0 Å². The lowest BCUT2D eigenvalue weighted by Gasteiger charge is -2.30. The zero-order valence-electron chi connectivity index (χ0n) is 13.7. The molecule has 2 N–H and O–H groups in total. The van der Waals surface area contributed by atoms with E-state index in [4.69, 9.17) is 10.5 Å². The van der Waals surface area contributed by atoms with Crippen LogP contribution in [-0.4, -0.2) is 25.0 Å². The number of hydrogen-bond acceptors (Lipinski definition) is 3. The predicted molar refractivity (Wildman–Crippen MR) is 81.2 cm³/mol. The molecule has 0 spiro atoms. The summed E-state index contributed by atoms with van der Waals surface area (Å²) < 4.78 is 5.35. The molecule has 1 atom stereocenters. The van der Waals surface area contributed by atoms with Crippen LogP contribution >= 0.6 is 0 Å². The van der Waals surface area contributed by atoms with Crippen LogP contribution in [0.2, 0.25) is 0 Å². The average Bonchev–Trinajstić information content (AvgIpc) is 2.40. The van der Waals surface area contributed by atoms with Crippen LogP contribution < -0.4 is 5.73 Å². The van der Waals surface area contributed by atoms with Gasteiger partial charge in [-0.15, -0.1) is 0 Å². The van der Waals surface area contributed by atoms with E-state index in [-0.39, 0.29) is 17.2 Å². The van der Waals surface area contributed by atoms with E-state index in [0.717, 1.165) is 32.1 Å². The van der Waals surface area contributed by atoms with Gasteiger partial charge in [0.05, 0.1) is 12.1 Å². The summed E-state index contributed by atoms with van der Waals surface area (Å²) in [6.07, 6.45) is 5.76. The summed E-state index contributed by atoms with van der Waals surface area (Å²) in [4.78, 5) is 12.0. The monoisotopic (exact) mass is 271 g/mol. The quantitative estimate of drug-likeness (QED) is 0.850. The average molecular weight is 271 g/mol. The maximum Gasteiger partial charge on any atom is 0.154 e. The van der Waals surface area contributed by atoms with Crippen LogP contribution in [0.15, 0.2) is 0 Å². The van der Waals surface area contributed by atoms with Crippen molar-refractivity contribution < 1.29 is 9.53 Å². The van der Waals surface area contributed by atoms with E-state index in [1.165, 1.54) is 0 Å². The molecule has 0 radical (unpaired) electrons. The van der Waals surface area contributed by atoms with Crippen molar-refractivity contribution in [1.82, 2.24) is 0 Å². The van der Waals surface area contributed by atoms with Crippen molar-refractivity contribution in [3.63, 3.8) is 0 Å². The Kier molecular flexibility index (Phi) is 8.51. The number of rotatable bonds is 4. The molecule has 3 nitrogen and oxygen atoms in total. The third-order valence-corrected chi connectivity index (χ3v) is 3.79. The van der Waals surface area contributed by atoms with Crippen LogP contribution in [0.5, 0.6) is 0 Å². The highest BCUT2D eigenvalue weighted by Crippen LogP contribution is 2.30. The van der Waals surface area contributed by atoms with Crippen molar-refractivity contribution in [2.24, 2.45) is 17.1 Å². The minimum atomic E-state index is -0.316.